The molecule has 3 unspecified atom stereocenters. The van der Waals surface area contributed by atoms with Crippen LogP contribution in [0.4, 0.5) is 0 Å². The summed E-state index contributed by atoms with van der Waals surface area (Å²) in [7, 11) is 0. The summed E-state index contributed by atoms with van der Waals surface area (Å²) >= 11 is 0. The van der Waals surface area contributed by atoms with E-state index in [1.807, 2.05) is 31.2 Å². The number of carbonyl (C=O) groups excluding carboxylic acids is 4. The fourth-order valence-electron chi connectivity index (χ4n) is 3.96. The van der Waals surface area contributed by atoms with Gasteiger partial charge in [-0.2, -0.15) is 0 Å². The second-order valence-corrected chi connectivity index (χ2v) is 8.15. The van der Waals surface area contributed by atoms with Crippen molar-refractivity contribution in [1.29, 1.82) is 0 Å². The Morgan fingerprint density at radius 2 is 2.00 bits per heavy atom. The Bertz CT molecular complexity index is 1140. The van der Waals surface area contributed by atoms with E-state index in [1.165, 1.54) is 4.90 Å². The number of fused-ring (bicyclic) bond motifs is 1. The summed E-state index contributed by atoms with van der Waals surface area (Å²) in [5, 5.41) is 16.5. The van der Waals surface area contributed by atoms with Gasteiger partial charge in [0.25, 0.3) is 5.91 Å². The lowest BCUT2D eigenvalue weighted by Crippen LogP contribution is -2.52. The monoisotopic (exact) mass is 452 g/mol. The Labute approximate surface area is 189 Å². The van der Waals surface area contributed by atoms with Crippen LogP contribution in [0.3, 0.4) is 0 Å². The van der Waals surface area contributed by atoms with E-state index in [-0.39, 0.29) is 31.6 Å². The average molecular weight is 452 g/mol. The van der Waals surface area contributed by atoms with Crippen molar-refractivity contribution in [3.05, 3.63) is 53.9 Å². The number of aliphatic hydroxyl groups is 1. The zero-order chi connectivity index (χ0) is 23.5. The maximum absolute atomic E-state index is 13.2. The quantitative estimate of drug-likeness (QED) is 0.437. The summed E-state index contributed by atoms with van der Waals surface area (Å²) in [6.45, 7) is 1.76. The molecule has 0 saturated carbocycles. The summed E-state index contributed by atoms with van der Waals surface area (Å²) in [5.41, 5.74) is 1.09. The predicted molar refractivity (Wildman–Crippen MR) is 117 cm³/mol. The molecule has 1 aromatic carbocycles. The summed E-state index contributed by atoms with van der Waals surface area (Å²) in [6, 6.07) is 7.40. The molecule has 2 aromatic rings. The number of cyclic esters (lactones) is 1. The zero-order valence-electron chi connectivity index (χ0n) is 18.0. The smallest absolute Gasteiger partial charge is 0.310 e. The van der Waals surface area contributed by atoms with Crippen molar-refractivity contribution in [3.63, 3.8) is 0 Å². The van der Waals surface area contributed by atoms with Gasteiger partial charge in [0.05, 0.1) is 13.0 Å². The van der Waals surface area contributed by atoms with Crippen molar-refractivity contribution in [2.45, 2.75) is 38.1 Å². The number of hydrogen-bond donors (Lipinski definition) is 3. The third-order valence-corrected chi connectivity index (χ3v) is 5.61. The highest BCUT2D eigenvalue weighted by Crippen LogP contribution is 2.18. The Morgan fingerprint density at radius 3 is 2.76 bits per heavy atom. The molecule has 4 rings (SSSR count). The number of esters is 1. The number of carbonyl (C=O) groups is 4. The summed E-state index contributed by atoms with van der Waals surface area (Å²) < 4.78 is 4.62. The normalized spacial score (nSPS) is 23.0. The van der Waals surface area contributed by atoms with Crippen LogP contribution in [0.1, 0.15) is 30.3 Å². The average Bonchev–Trinajstić information content (AvgIpc) is 3.04. The molecule has 2 aliphatic rings. The van der Waals surface area contributed by atoms with E-state index in [2.05, 4.69) is 20.4 Å². The predicted octanol–water partition coefficient (Wildman–Crippen LogP) is 0.262. The Hall–Kier alpha value is -3.79. The molecule has 0 aliphatic carbocycles. The van der Waals surface area contributed by atoms with E-state index in [4.69, 9.17) is 0 Å². The van der Waals surface area contributed by atoms with Crippen LogP contribution in [0.5, 0.6) is 0 Å². The topological polar surface area (TPSA) is 138 Å². The molecule has 1 saturated heterocycles. The van der Waals surface area contributed by atoms with Crippen LogP contribution in [-0.4, -0.2) is 70.1 Å². The van der Waals surface area contributed by atoms with Gasteiger partial charge in [0, 0.05) is 18.1 Å². The molecule has 0 radical (unpaired) electrons. The largest absolute Gasteiger partial charge is 0.434 e. The molecule has 3 atom stereocenters. The SMILES string of the molecule is CC1=CCC(NC(=O)c2nccc3ccccc23)C(=O)N(CC(=O)NC2CC(=O)OC2O)C1. The van der Waals surface area contributed by atoms with Crippen LogP contribution in [0.15, 0.2) is 48.2 Å². The van der Waals surface area contributed by atoms with Crippen LogP contribution in [0.2, 0.25) is 0 Å². The first-order chi connectivity index (χ1) is 15.8. The highest BCUT2D eigenvalue weighted by Gasteiger charge is 2.35. The standard InChI is InChI=1S/C23H24N4O6/c1-13-6-7-16(26-21(30)20-15-5-3-2-4-14(15)8-9-24-20)22(31)27(11-13)12-18(28)25-17-10-19(29)33-23(17)32/h2-6,8-9,16-17,23,32H,7,10-12H2,1H3,(H,25,28)(H,26,30). The van der Waals surface area contributed by atoms with Crippen LogP contribution in [0.25, 0.3) is 10.8 Å². The number of amides is 3. The first-order valence-corrected chi connectivity index (χ1v) is 10.6. The van der Waals surface area contributed by atoms with Crippen LogP contribution >= 0.6 is 0 Å². The number of rotatable bonds is 5. The lowest BCUT2D eigenvalue weighted by molar-refractivity contribution is -0.155. The van der Waals surface area contributed by atoms with Gasteiger partial charge in [-0.05, 0) is 24.8 Å². The zero-order valence-corrected chi connectivity index (χ0v) is 18.0. The molecule has 10 heteroatoms. The molecule has 2 aliphatic heterocycles. The number of hydrogen-bond acceptors (Lipinski definition) is 7. The molecule has 33 heavy (non-hydrogen) atoms. The number of benzene rings is 1. The molecule has 10 nitrogen and oxygen atoms in total. The molecule has 172 valence electrons. The first-order valence-electron chi connectivity index (χ1n) is 10.6. The van der Waals surface area contributed by atoms with Gasteiger partial charge in [0.15, 0.2) is 0 Å². The molecular weight excluding hydrogens is 428 g/mol. The molecule has 3 amide bonds. The van der Waals surface area contributed by atoms with Gasteiger partial charge in [0.1, 0.15) is 17.8 Å². The molecular formula is C23H24N4O6. The van der Waals surface area contributed by atoms with E-state index in [1.54, 1.807) is 18.3 Å². The minimum Gasteiger partial charge on any atom is -0.434 e. The van der Waals surface area contributed by atoms with Crippen LogP contribution < -0.4 is 10.6 Å². The lowest BCUT2D eigenvalue weighted by atomic mass is 10.1. The highest BCUT2D eigenvalue weighted by molar-refractivity contribution is 6.06. The lowest BCUT2D eigenvalue weighted by Gasteiger charge is -2.26. The first kappa shape index (κ1) is 22.4. The third kappa shape index (κ3) is 5.01. The number of nitrogens with one attached hydrogen (secondary N) is 2. The maximum Gasteiger partial charge on any atom is 0.310 e. The van der Waals surface area contributed by atoms with Crippen molar-refractivity contribution in [2.75, 3.05) is 13.1 Å². The van der Waals surface area contributed by atoms with Crippen LogP contribution in [0, 0.1) is 0 Å². The van der Waals surface area contributed by atoms with Gasteiger partial charge >= 0.3 is 5.97 Å². The van der Waals surface area contributed by atoms with Crippen molar-refractivity contribution < 1.29 is 29.0 Å². The van der Waals surface area contributed by atoms with Crippen molar-refractivity contribution in [3.8, 4) is 0 Å². The Morgan fingerprint density at radius 1 is 1.21 bits per heavy atom. The molecule has 0 bridgehead atoms. The molecule has 0 spiro atoms. The second-order valence-electron chi connectivity index (χ2n) is 8.15. The van der Waals surface area contributed by atoms with Crippen molar-refractivity contribution in [2.24, 2.45) is 0 Å². The fourth-order valence-corrected chi connectivity index (χ4v) is 3.96. The van der Waals surface area contributed by atoms with Gasteiger partial charge < -0.3 is 25.4 Å². The molecule has 3 heterocycles. The van der Waals surface area contributed by atoms with E-state index < -0.39 is 42.1 Å². The number of aliphatic hydroxyl groups excluding tert-OH is 1. The van der Waals surface area contributed by atoms with Gasteiger partial charge in [-0.3, -0.25) is 24.2 Å². The van der Waals surface area contributed by atoms with Crippen LogP contribution in [-0.2, 0) is 19.1 Å². The minimum absolute atomic E-state index is 0.142. The third-order valence-electron chi connectivity index (χ3n) is 5.61. The summed E-state index contributed by atoms with van der Waals surface area (Å²) in [6.07, 6.45) is 2.12. The number of nitrogens with zero attached hydrogens (tertiary/aromatic N) is 2. The second kappa shape index (κ2) is 9.37. The minimum atomic E-state index is -1.41. The molecule has 1 aromatic heterocycles. The van der Waals surface area contributed by atoms with Gasteiger partial charge in [-0.25, -0.2) is 0 Å². The Balaban J connectivity index is 1.46. The van der Waals surface area contributed by atoms with Crippen molar-refractivity contribution >= 4 is 34.5 Å². The van der Waals surface area contributed by atoms with Gasteiger partial charge in [-0.1, -0.05) is 35.9 Å². The molecule has 1 fully saturated rings. The number of ether oxygens (including phenoxy) is 1. The number of aromatic nitrogens is 1. The maximum atomic E-state index is 13.2. The van der Waals surface area contributed by atoms with Gasteiger partial charge in [-0.15, -0.1) is 0 Å². The van der Waals surface area contributed by atoms with E-state index in [0.717, 1.165) is 11.0 Å². The summed E-state index contributed by atoms with van der Waals surface area (Å²) in [5.74, 6) is -2.04. The van der Waals surface area contributed by atoms with Crippen molar-refractivity contribution in [1.82, 2.24) is 20.5 Å². The molecule has 3 N–H and O–H groups in total. The summed E-state index contributed by atoms with van der Waals surface area (Å²) in [4.78, 5) is 55.4. The van der Waals surface area contributed by atoms with E-state index >= 15 is 0 Å². The van der Waals surface area contributed by atoms with E-state index in [9.17, 15) is 24.3 Å². The Kier molecular flexibility index (Phi) is 6.36. The van der Waals surface area contributed by atoms with E-state index in [0.29, 0.717) is 5.39 Å². The number of pyridine rings is 1. The van der Waals surface area contributed by atoms with Gasteiger partial charge in [0.2, 0.25) is 18.1 Å². The highest BCUT2D eigenvalue weighted by atomic mass is 16.6. The fraction of sp³-hybridized carbons (Fsp3) is 0.348.